The number of rotatable bonds is 16. The Morgan fingerprint density at radius 2 is 1.26 bits per heavy atom. The van der Waals surface area contributed by atoms with Gasteiger partial charge in [-0.3, -0.25) is 4.79 Å². The Labute approximate surface area is 142 Å². The maximum Gasteiger partial charge on any atom is 0.309 e. The lowest BCUT2D eigenvalue weighted by molar-refractivity contribution is -0.154. The Balaban J connectivity index is 3.52. The number of aliphatic hydroxyl groups excluding tert-OH is 1. The molecule has 138 valence electrons. The van der Waals surface area contributed by atoms with Gasteiger partial charge in [0.25, 0.3) is 0 Å². The molecule has 0 rings (SSSR count). The summed E-state index contributed by atoms with van der Waals surface area (Å²) in [7, 11) is 0. The summed E-state index contributed by atoms with van der Waals surface area (Å²) in [6, 6.07) is 0. The highest BCUT2D eigenvalue weighted by atomic mass is 16.4. The molecule has 0 amide bonds. The zero-order chi connectivity index (χ0) is 17.6. The Morgan fingerprint density at radius 3 is 1.61 bits per heavy atom. The van der Waals surface area contributed by atoms with Gasteiger partial charge in [0.2, 0.25) is 0 Å². The van der Waals surface area contributed by atoms with Gasteiger partial charge in [0.15, 0.2) is 0 Å². The van der Waals surface area contributed by atoms with Crippen molar-refractivity contribution in [2.75, 3.05) is 6.61 Å². The van der Waals surface area contributed by atoms with Crippen molar-refractivity contribution in [2.45, 2.75) is 103 Å². The highest BCUT2D eigenvalue weighted by molar-refractivity contribution is 5.71. The molecule has 0 saturated heterocycles. The van der Waals surface area contributed by atoms with E-state index in [4.69, 9.17) is 10.2 Å². The molecule has 0 radical (unpaired) electrons. The van der Waals surface area contributed by atoms with Crippen LogP contribution in [0.25, 0.3) is 0 Å². The SMILES string of the molecule is CCCCCCCCCCCCCCC(C(=O)O)C(C)(O)CO. The Morgan fingerprint density at radius 1 is 0.870 bits per heavy atom. The van der Waals surface area contributed by atoms with E-state index in [-0.39, 0.29) is 0 Å². The molecule has 0 aliphatic carbocycles. The minimum absolute atomic E-state index is 0.431. The quantitative estimate of drug-likeness (QED) is 0.364. The van der Waals surface area contributed by atoms with E-state index in [0.29, 0.717) is 6.42 Å². The molecule has 4 heteroatoms. The van der Waals surface area contributed by atoms with Gasteiger partial charge in [-0.05, 0) is 13.3 Å². The lowest BCUT2D eigenvalue weighted by atomic mass is 9.85. The lowest BCUT2D eigenvalue weighted by Gasteiger charge is -2.27. The van der Waals surface area contributed by atoms with E-state index in [0.717, 1.165) is 19.3 Å². The third-order valence-electron chi connectivity index (χ3n) is 4.72. The van der Waals surface area contributed by atoms with Crippen LogP contribution in [0.5, 0.6) is 0 Å². The van der Waals surface area contributed by atoms with Crippen molar-refractivity contribution in [1.29, 1.82) is 0 Å². The van der Waals surface area contributed by atoms with E-state index >= 15 is 0 Å². The molecule has 0 heterocycles. The second kappa shape index (κ2) is 13.8. The number of carboxylic acids is 1. The van der Waals surface area contributed by atoms with Crippen molar-refractivity contribution >= 4 is 5.97 Å². The number of aliphatic carboxylic acids is 1. The van der Waals surface area contributed by atoms with Crippen LogP contribution in [0, 0.1) is 5.92 Å². The first-order chi connectivity index (χ1) is 11.0. The van der Waals surface area contributed by atoms with E-state index in [1.54, 1.807) is 0 Å². The van der Waals surface area contributed by atoms with Crippen LogP contribution in [-0.2, 0) is 4.79 Å². The predicted molar refractivity (Wildman–Crippen MR) is 94.5 cm³/mol. The summed E-state index contributed by atoms with van der Waals surface area (Å²) >= 11 is 0. The zero-order valence-corrected chi connectivity index (χ0v) is 15.2. The van der Waals surface area contributed by atoms with Crippen molar-refractivity contribution in [3.63, 3.8) is 0 Å². The summed E-state index contributed by atoms with van der Waals surface area (Å²) in [4.78, 5) is 11.2. The minimum atomic E-state index is -1.52. The fraction of sp³-hybridized carbons (Fsp3) is 0.947. The second-order valence-electron chi connectivity index (χ2n) is 7.08. The predicted octanol–water partition coefficient (Wildman–Crippen LogP) is 4.52. The number of aliphatic hydroxyl groups is 2. The molecule has 2 atom stereocenters. The van der Waals surface area contributed by atoms with Gasteiger partial charge in [0.1, 0.15) is 0 Å². The van der Waals surface area contributed by atoms with E-state index in [9.17, 15) is 9.90 Å². The normalized spacial score (nSPS) is 15.3. The summed E-state index contributed by atoms with van der Waals surface area (Å²) < 4.78 is 0. The minimum Gasteiger partial charge on any atom is -0.481 e. The summed E-state index contributed by atoms with van der Waals surface area (Å²) in [6.07, 6.45) is 15.2. The first-order valence-corrected chi connectivity index (χ1v) is 9.51. The van der Waals surface area contributed by atoms with Crippen molar-refractivity contribution < 1.29 is 20.1 Å². The highest BCUT2D eigenvalue weighted by Crippen LogP contribution is 2.24. The van der Waals surface area contributed by atoms with Crippen molar-refractivity contribution in [2.24, 2.45) is 5.92 Å². The molecular weight excluding hydrogens is 292 g/mol. The molecule has 0 spiro atoms. The van der Waals surface area contributed by atoms with Crippen LogP contribution in [0.4, 0.5) is 0 Å². The third kappa shape index (κ3) is 11.5. The largest absolute Gasteiger partial charge is 0.481 e. The van der Waals surface area contributed by atoms with Gasteiger partial charge >= 0.3 is 5.97 Å². The molecule has 23 heavy (non-hydrogen) atoms. The second-order valence-corrected chi connectivity index (χ2v) is 7.08. The highest BCUT2D eigenvalue weighted by Gasteiger charge is 2.36. The van der Waals surface area contributed by atoms with Gasteiger partial charge in [0, 0.05) is 0 Å². The van der Waals surface area contributed by atoms with Gasteiger partial charge < -0.3 is 15.3 Å². The lowest BCUT2D eigenvalue weighted by Crippen LogP contribution is -2.42. The average molecular weight is 331 g/mol. The molecule has 0 aliphatic rings. The molecule has 0 aromatic heterocycles. The van der Waals surface area contributed by atoms with Crippen LogP contribution >= 0.6 is 0 Å². The monoisotopic (exact) mass is 330 g/mol. The molecule has 0 saturated carbocycles. The van der Waals surface area contributed by atoms with Crippen LogP contribution < -0.4 is 0 Å². The molecule has 4 nitrogen and oxygen atoms in total. The zero-order valence-electron chi connectivity index (χ0n) is 15.2. The smallest absolute Gasteiger partial charge is 0.309 e. The topological polar surface area (TPSA) is 77.8 Å². The van der Waals surface area contributed by atoms with Crippen LogP contribution in [0.1, 0.15) is 97.3 Å². The Hall–Kier alpha value is -0.610. The molecule has 3 N–H and O–H groups in total. The Kier molecular flexibility index (Phi) is 13.4. The average Bonchev–Trinajstić information content (AvgIpc) is 2.51. The number of hydrogen-bond donors (Lipinski definition) is 3. The standard InChI is InChI=1S/C19H38O4/c1-3-4-5-6-7-8-9-10-11-12-13-14-15-17(18(21)22)19(2,23)16-20/h17,20,23H,3-16H2,1-2H3,(H,21,22). The summed E-state index contributed by atoms with van der Waals surface area (Å²) in [6.45, 7) is 3.12. The van der Waals surface area contributed by atoms with Crippen molar-refractivity contribution in [1.82, 2.24) is 0 Å². The Bertz CT molecular complexity index is 289. The summed E-state index contributed by atoms with van der Waals surface area (Å²) in [5.74, 6) is -1.90. The van der Waals surface area contributed by atoms with Gasteiger partial charge in [-0.25, -0.2) is 0 Å². The molecule has 0 aromatic rings. The van der Waals surface area contributed by atoms with Gasteiger partial charge in [-0.15, -0.1) is 0 Å². The third-order valence-corrected chi connectivity index (χ3v) is 4.72. The van der Waals surface area contributed by atoms with Gasteiger partial charge in [-0.1, -0.05) is 84.0 Å². The molecule has 0 bridgehead atoms. The van der Waals surface area contributed by atoms with E-state index in [1.165, 1.54) is 64.7 Å². The molecule has 2 unspecified atom stereocenters. The first-order valence-electron chi connectivity index (χ1n) is 9.51. The van der Waals surface area contributed by atoms with E-state index in [2.05, 4.69) is 6.92 Å². The molecule has 0 aliphatic heterocycles. The molecular formula is C19H38O4. The first kappa shape index (κ1) is 22.4. The molecule has 0 fully saturated rings. The molecule has 0 aromatic carbocycles. The maximum atomic E-state index is 11.2. The number of hydrogen-bond acceptors (Lipinski definition) is 3. The fourth-order valence-corrected chi connectivity index (χ4v) is 3.00. The van der Waals surface area contributed by atoms with Crippen molar-refractivity contribution in [3.8, 4) is 0 Å². The number of unbranched alkanes of at least 4 members (excludes halogenated alkanes) is 11. The van der Waals surface area contributed by atoms with Crippen molar-refractivity contribution in [3.05, 3.63) is 0 Å². The van der Waals surface area contributed by atoms with Crippen LogP contribution in [0.3, 0.4) is 0 Å². The van der Waals surface area contributed by atoms with E-state index < -0.39 is 24.1 Å². The van der Waals surface area contributed by atoms with Crippen LogP contribution in [0.2, 0.25) is 0 Å². The summed E-state index contributed by atoms with van der Waals surface area (Å²) in [5.41, 5.74) is -1.52. The van der Waals surface area contributed by atoms with Crippen LogP contribution in [0.15, 0.2) is 0 Å². The van der Waals surface area contributed by atoms with Gasteiger partial charge in [0.05, 0.1) is 18.1 Å². The fourth-order valence-electron chi connectivity index (χ4n) is 3.00. The number of carboxylic acid groups (broad SMARTS) is 1. The summed E-state index contributed by atoms with van der Waals surface area (Å²) in [5, 5.41) is 28.1. The van der Waals surface area contributed by atoms with Gasteiger partial charge in [-0.2, -0.15) is 0 Å². The van der Waals surface area contributed by atoms with E-state index in [1.807, 2.05) is 0 Å². The number of carbonyl (C=O) groups is 1. The maximum absolute atomic E-state index is 11.2. The van der Waals surface area contributed by atoms with Crippen LogP contribution in [-0.4, -0.2) is 33.5 Å².